The van der Waals surface area contributed by atoms with Crippen LogP contribution in [0.2, 0.25) is 5.02 Å². The number of benzene rings is 2. The van der Waals surface area contributed by atoms with Crippen molar-refractivity contribution in [2.24, 2.45) is 0 Å². The first-order chi connectivity index (χ1) is 17.0. The number of rotatable bonds is 5. The Bertz CT molecular complexity index is 1210. The number of nitro groups is 1. The quantitative estimate of drug-likeness (QED) is 0.388. The normalized spacial score (nSPS) is 16.5. The van der Waals surface area contributed by atoms with Gasteiger partial charge in [0.2, 0.25) is 11.6 Å². The summed E-state index contributed by atoms with van der Waals surface area (Å²) in [5.41, 5.74) is 1.49. The molecule has 0 aliphatic carbocycles. The topological polar surface area (TPSA) is 81.9 Å². The molecule has 3 heterocycles. The molecule has 0 spiro atoms. The zero-order valence-corrected chi connectivity index (χ0v) is 19.8. The molecular weight excluding hydrogens is 473 g/mol. The molecule has 11 heteroatoms. The maximum absolute atomic E-state index is 14.2. The Kier molecular flexibility index (Phi) is 6.54. The van der Waals surface area contributed by atoms with Crippen LogP contribution in [0.15, 0.2) is 54.9 Å². The molecule has 9 nitrogen and oxygen atoms in total. The fourth-order valence-corrected chi connectivity index (χ4v) is 4.89. The van der Waals surface area contributed by atoms with Crippen molar-refractivity contribution in [1.29, 1.82) is 0 Å². The monoisotopic (exact) mass is 497 g/mol. The van der Waals surface area contributed by atoms with Gasteiger partial charge in [-0.1, -0.05) is 29.8 Å². The lowest BCUT2D eigenvalue weighted by molar-refractivity contribution is -0.383. The van der Waals surface area contributed by atoms with E-state index in [1.807, 2.05) is 39.0 Å². The second-order valence-corrected chi connectivity index (χ2v) is 8.94. The molecule has 2 aromatic carbocycles. The first-order valence-electron chi connectivity index (χ1n) is 11.5. The van der Waals surface area contributed by atoms with Gasteiger partial charge in [0.05, 0.1) is 10.6 Å². The highest BCUT2D eigenvalue weighted by molar-refractivity contribution is 6.30. The van der Waals surface area contributed by atoms with E-state index >= 15 is 0 Å². The third kappa shape index (κ3) is 4.79. The van der Waals surface area contributed by atoms with Crippen LogP contribution in [0.5, 0.6) is 0 Å². The van der Waals surface area contributed by atoms with E-state index in [1.54, 1.807) is 18.2 Å². The highest BCUT2D eigenvalue weighted by atomic mass is 35.5. The van der Waals surface area contributed by atoms with E-state index in [0.717, 1.165) is 5.69 Å². The fourth-order valence-electron chi connectivity index (χ4n) is 4.70. The number of piperazine rings is 2. The minimum Gasteiger partial charge on any atom is -0.368 e. The van der Waals surface area contributed by atoms with Gasteiger partial charge in [-0.2, -0.15) is 0 Å². The lowest BCUT2D eigenvalue weighted by Gasteiger charge is -2.38. The number of hydrogen-bond acceptors (Lipinski definition) is 8. The Labute approximate surface area is 207 Å². The van der Waals surface area contributed by atoms with Crippen LogP contribution in [0, 0.1) is 15.9 Å². The van der Waals surface area contributed by atoms with Gasteiger partial charge in [-0.3, -0.25) is 10.1 Å². The number of halogens is 2. The van der Waals surface area contributed by atoms with Crippen LogP contribution in [0.1, 0.15) is 0 Å². The van der Waals surface area contributed by atoms with Gasteiger partial charge in [0.1, 0.15) is 12.1 Å². The molecule has 0 saturated carbocycles. The second kappa shape index (κ2) is 9.91. The van der Waals surface area contributed by atoms with Crippen molar-refractivity contribution in [2.75, 3.05) is 72.0 Å². The molecule has 2 aliphatic heterocycles. The maximum Gasteiger partial charge on any atom is 0.353 e. The van der Waals surface area contributed by atoms with Gasteiger partial charge in [0, 0.05) is 63.1 Å². The van der Waals surface area contributed by atoms with Crippen LogP contribution >= 0.6 is 11.6 Å². The maximum atomic E-state index is 14.2. The molecule has 0 unspecified atom stereocenters. The minimum atomic E-state index is -0.392. The van der Waals surface area contributed by atoms with E-state index in [0.29, 0.717) is 74.7 Å². The van der Waals surface area contributed by atoms with Crippen molar-refractivity contribution < 1.29 is 9.31 Å². The first kappa shape index (κ1) is 23.1. The molecule has 0 amide bonds. The first-order valence-corrected chi connectivity index (χ1v) is 11.9. The lowest BCUT2D eigenvalue weighted by atomic mass is 10.2. The molecule has 182 valence electrons. The van der Waals surface area contributed by atoms with Crippen LogP contribution in [0.25, 0.3) is 0 Å². The van der Waals surface area contributed by atoms with Crippen molar-refractivity contribution in [3.05, 3.63) is 75.8 Å². The molecule has 1 aromatic heterocycles. The van der Waals surface area contributed by atoms with E-state index in [9.17, 15) is 14.5 Å². The molecule has 35 heavy (non-hydrogen) atoms. The van der Waals surface area contributed by atoms with Gasteiger partial charge >= 0.3 is 5.69 Å². The smallest absolute Gasteiger partial charge is 0.353 e. The van der Waals surface area contributed by atoms with E-state index in [1.165, 1.54) is 12.4 Å². The summed E-state index contributed by atoms with van der Waals surface area (Å²) in [6, 6.07) is 14.3. The third-order valence-corrected chi connectivity index (χ3v) is 6.73. The highest BCUT2D eigenvalue weighted by Crippen LogP contribution is 2.36. The van der Waals surface area contributed by atoms with Crippen LogP contribution in [0.4, 0.5) is 33.1 Å². The van der Waals surface area contributed by atoms with Crippen LogP contribution < -0.4 is 19.6 Å². The predicted octanol–water partition coefficient (Wildman–Crippen LogP) is 3.83. The zero-order valence-electron chi connectivity index (χ0n) is 19.1. The molecule has 2 aliphatic rings. The Hall–Kier alpha value is -3.66. The van der Waals surface area contributed by atoms with E-state index < -0.39 is 4.92 Å². The summed E-state index contributed by atoms with van der Waals surface area (Å²) in [4.78, 5) is 28.4. The second-order valence-electron chi connectivity index (χ2n) is 8.51. The Morgan fingerprint density at radius 2 is 1.37 bits per heavy atom. The molecule has 5 rings (SSSR count). The van der Waals surface area contributed by atoms with Crippen LogP contribution in [-0.4, -0.2) is 67.2 Å². The average molecular weight is 498 g/mol. The molecule has 0 bridgehead atoms. The van der Waals surface area contributed by atoms with Gasteiger partial charge in [-0.25, -0.2) is 14.4 Å². The summed E-state index contributed by atoms with van der Waals surface area (Å²) in [5.74, 6) is 0.376. The standard InChI is InChI=1S/C24H25ClFN7O2/c25-18-4-3-5-19(16-18)29-8-12-31(13-9-29)23-22(33(34)35)24(28-17-27-23)32-14-10-30(11-15-32)21-7-2-1-6-20(21)26/h1-7,16-17H,8-15H2. The summed E-state index contributed by atoms with van der Waals surface area (Å²) >= 11 is 6.13. The summed E-state index contributed by atoms with van der Waals surface area (Å²) in [7, 11) is 0. The number of aromatic nitrogens is 2. The van der Waals surface area contributed by atoms with Gasteiger partial charge in [-0.15, -0.1) is 0 Å². The van der Waals surface area contributed by atoms with Crippen molar-refractivity contribution in [2.45, 2.75) is 0 Å². The van der Waals surface area contributed by atoms with Crippen molar-refractivity contribution in [3.63, 3.8) is 0 Å². The molecule has 0 atom stereocenters. The molecular formula is C24H25ClFN7O2. The SMILES string of the molecule is O=[N+]([O-])c1c(N2CCN(c3cccc(Cl)c3)CC2)ncnc1N1CCN(c2ccccc2F)CC1. The highest BCUT2D eigenvalue weighted by Gasteiger charge is 2.33. The molecule has 0 N–H and O–H groups in total. The molecule has 2 saturated heterocycles. The lowest BCUT2D eigenvalue weighted by Crippen LogP contribution is -2.48. The fraction of sp³-hybridized carbons (Fsp3) is 0.333. The number of anilines is 4. The number of hydrogen-bond donors (Lipinski definition) is 0. The van der Waals surface area contributed by atoms with Crippen molar-refractivity contribution in [3.8, 4) is 0 Å². The largest absolute Gasteiger partial charge is 0.368 e. The van der Waals surface area contributed by atoms with E-state index in [-0.39, 0.29) is 11.5 Å². The van der Waals surface area contributed by atoms with Gasteiger partial charge in [-0.05, 0) is 30.3 Å². The van der Waals surface area contributed by atoms with Crippen molar-refractivity contribution in [1.82, 2.24) is 9.97 Å². The number of nitrogens with zero attached hydrogens (tertiary/aromatic N) is 7. The summed E-state index contributed by atoms with van der Waals surface area (Å²) in [5, 5.41) is 12.8. The number of para-hydroxylation sites is 1. The summed E-state index contributed by atoms with van der Waals surface area (Å²) in [6.07, 6.45) is 1.39. The molecule has 0 radical (unpaired) electrons. The van der Waals surface area contributed by atoms with Crippen LogP contribution in [-0.2, 0) is 0 Å². The predicted molar refractivity (Wildman–Crippen MR) is 135 cm³/mol. The Balaban J connectivity index is 1.32. The Morgan fingerprint density at radius 3 is 1.94 bits per heavy atom. The average Bonchev–Trinajstić information content (AvgIpc) is 2.89. The van der Waals surface area contributed by atoms with E-state index in [2.05, 4.69) is 14.9 Å². The van der Waals surface area contributed by atoms with E-state index in [4.69, 9.17) is 11.6 Å². The molecule has 3 aromatic rings. The van der Waals surface area contributed by atoms with Gasteiger partial charge in [0.25, 0.3) is 0 Å². The van der Waals surface area contributed by atoms with Crippen molar-refractivity contribution >= 4 is 40.3 Å². The molecule has 2 fully saturated rings. The van der Waals surface area contributed by atoms with Gasteiger partial charge < -0.3 is 19.6 Å². The van der Waals surface area contributed by atoms with Crippen LogP contribution in [0.3, 0.4) is 0 Å². The minimum absolute atomic E-state index is 0.0805. The summed E-state index contributed by atoms with van der Waals surface area (Å²) in [6.45, 7) is 4.62. The Morgan fingerprint density at radius 1 is 0.800 bits per heavy atom. The third-order valence-electron chi connectivity index (χ3n) is 6.49. The van der Waals surface area contributed by atoms with Gasteiger partial charge in [0.15, 0.2) is 0 Å². The summed E-state index contributed by atoms with van der Waals surface area (Å²) < 4.78 is 14.2. The zero-order chi connectivity index (χ0) is 24.4.